The molecule has 2 aliphatic heterocycles. The van der Waals surface area contributed by atoms with Gasteiger partial charge in [0.05, 0.1) is 17.0 Å². The smallest absolute Gasteiger partial charge is 0.267 e. The van der Waals surface area contributed by atoms with Crippen molar-refractivity contribution in [1.82, 2.24) is 14.8 Å². The Morgan fingerprint density at radius 2 is 1.91 bits per heavy atom. The Morgan fingerprint density at radius 1 is 1.06 bits per heavy atom. The molecule has 4 heterocycles. The van der Waals surface area contributed by atoms with Gasteiger partial charge >= 0.3 is 0 Å². The van der Waals surface area contributed by atoms with Gasteiger partial charge in [0.2, 0.25) is 12.7 Å². The van der Waals surface area contributed by atoms with Crippen molar-refractivity contribution in [2.24, 2.45) is 0 Å². The van der Waals surface area contributed by atoms with Gasteiger partial charge in [0.1, 0.15) is 0 Å². The summed E-state index contributed by atoms with van der Waals surface area (Å²) in [6.07, 6.45) is 0.244. The molecule has 5 rings (SSSR count). The molecule has 0 bridgehead atoms. The molecule has 0 saturated carbocycles. The number of fused-ring (bicyclic) bond motifs is 1. The molecule has 1 aromatic carbocycles. The molecule has 1 fully saturated rings. The zero-order chi connectivity index (χ0) is 21.9. The highest BCUT2D eigenvalue weighted by atomic mass is 32.1. The first kappa shape index (κ1) is 20.9. The number of nitrogens with zero attached hydrogens (tertiary/aromatic N) is 3. The molecule has 0 radical (unpaired) electrons. The van der Waals surface area contributed by atoms with E-state index < -0.39 is 0 Å². The van der Waals surface area contributed by atoms with Gasteiger partial charge < -0.3 is 14.4 Å². The van der Waals surface area contributed by atoms with Crippen molar-refractivity contribution in [2.75, 3.05) is 38.3 Å². The lowest BCUT2D eigenvalue weighted by Gasteiger charge is -2.34. The summed E-state index contributed by atoms with van der Waals surface area (Å²) >= 11 is 2.72. The topological polar surface area (TPSA) is 84.0 Å². The van der Waals surface area contributed by atoms with E-state index in [0.717, 1.165) is 31.1 Å². The second kappa shape index (κ2) is 9.27. The molecular weight excluding hydrogens is 448 g/mol. The van der Waals surface area contributed by atoms with Crippen molar-refractivity contribution in [3.63, 3.8) is 0 Å². The monoisotopic (exact) mass is 470 g/mol. The number of hydrogen-bond donors (Lipinski definition) is 1. The SMILES string of the molecule is O=C(Nc1nc(CC(=O)N2CCN(Cc3ccc4c(c3)OCO4)CC2)cs1)c1cccs1. The largest absolute Gasteiger partial charge is 0.454 e. The Hall–Kier alpha value is -2.95. The van der Waals surface area contributed by atoms with Crippen LogP contribution in [0.2, 0.25) is 0 Å². The summed E-state index contributed by atoms with van der Waals surface area (Å²) in [5.74, 6) is 1.48. The van der Waals surface area contributed by atoms with Crippen LogP contribution in [0.15, 0.2) is 41.1 Å². The quantitative estimate of drug-likeness (QED) is 0.596. The molecule has 1 N–H and O–H groups in total. The van der Waals surface area contributed by atoms with Crippen LogP contribution in [0, 0.1) is 0 Å². The first-order chi connectivity index (χ1) is 15.6. The minimum atomic E-state index is -0.175. The van der Waals surface area contributed by atoms with Gasteiger partial charge in [0.15, 0.2) is 16.6 Å². The fourth-order valence-corrected chi connectivity index (χ4v) is 5.06. The number of carbonyl (C=O) groups is 2. The number of thiazole rings is 1. The van der Waals surface area contributed by atoms with Crippen molar-refractivity contribution in [3.8, 4) is 11.5 Å². The Labute approximate surface area is 193 Å². The molecule has 2 aliphatic rings. The Balaban J connectivity index is 1.09. The number of nitrogens with one attached hydrogen (secondary N) is 1. The number of thiophene rings is 1. The summed E-state index contributed by atoms with van der Waals surface area (Å²) < 4.78 is 10.8. The van der Waals surface area contributed by atoms with Gasteiger partial charge in [-0.1, -0.05) is 12.1 Å². The zero-order valence-electron chi connectivity index (χ0n) is 17.3. The highest BCUT2D eigenvalue weighted by molar-refractivity contribution is 7.14. The number of carbonyl (C=O) groups excluding carboxylic acids is 2. The van der Waals surface area contributed by atoms with E-state index in [1.807, 2.05) is 33.9 Å². The summed E-state index contributed by atoms with van der Waals surface area (Å²) in [5, 5.41) is 6.99. The van der Waals surface area contributed by atoms with E-state index in [1.54, 1.807) is 6.07 Å². The second-order valence-electron chi connectivity index (χ2n) is 7.60. The summed E-state index contributed by atoms with van der Waals surface area (Å²) in [6.45, 7) is 4.11. The fraction of sp³-hybridized carbons (Fsp3) is 0.318. The molecule has 0 atom stereocenters. The lowest BCUT2D eigenvalue weighted by molar-refractivity contribution is -0.132. The number of hydrogen-bond acceptors (Lipinski definition) is 8. The standard InChI is InChI=1S/C22H22N4O4S2/c27-20(11-16-13-32-22(23-16)24-21(28)19-2-1-9-31-19)26-7-5-25(6-8-26)12-15-3-4-17-18(10-15)30-14-29-17/h1-4,9-10,13H,5-8,11-12,14H2,(H,23,24,28). The molecule has 2 aromatic heterocycles. The van der Waals surface area contributed by atoms with E-state index in [4.69, 9.17) is 9.47 Å². The van der Waals surface area contributed by atoms with Crippen molar-refractivity contribution in [1.29, 1.82) is 0 Å². The number of benzene rings is 1. The Bertz CT molecular complexity index is 1110. The molecule has 8 nitrogen and oxygen atoms in total. The van der Waals surface area contributed by atoms with Gasteiger partial charge in [-0.3, -0.25) is 19.8 Å². The third kappa shape index (κ3) is 4.77. The maximum Gasteiger partial charge on any atom is 0.267 e. The third-order valence-corrected chi connectivity index (χ3v) is 7.09. The van der Waals surface area contributed by atoms with Crippen LogP contribution in [-0.2, 0) is 17.8 Å². The highest BCUT2D eigenvalue weighted by Gasteiger charge is 2.23. The first-order valence-electron chi connectivity index (χ1n) is 10.3. The fourth-order valence-electron chi connectivity index (χ4n) is 3.73. The third-order valence-electron chi connectivity index (χ3n) is 5.42. The predicted octanol–water partition coefficient (Wildman–Crippen LogP) is 3.07. The van der Waals surface area contributed by atoms with Crippen LogP contribution in [-0.4, -0.2) is 59.6 Å². The molecule has 3 aromatic rings. The van der Waals surface area contributed by atoms with Crippen molar-refractivity contribution in [3.05, 3.63) is 57.2 Å². The van der Waals surface area contributed by atoms with E-state index in [2.05, 4.69) is 21.3 Å². The summed E-state index contributed by atoms with van der Waals surface area (Å²) in [6, 6.07) is 9.63. The minimum Gasteiger partial charge on any atom is -0.454 e. The van der Waals surface area contributed by atoms with Crippen molar-refractivity contribution < 1.29 is 19.1 Å². The van der Waals surface area contributed by atoms with Crippen LogP contribution < -0.4 is 14.8 Å². The van der Waals surface area contributed by atoms with E-state index >= 15 is 0 Å². The van der Waals surface area contributed by atoms with Gasteiger partial charge in [0, 0.05) is 38.1 Å². The van der Waals surface area contributed by atoms with Gasteiger partial charge in [-0.15, -0.1) is 22.7 Å². The lowest BCUT2D eigenvalue weighted by Crippen LogP contribution is -2.48. The van der Waals surface area contributed by atoms with Gasteiger partial charge in [-0.25, -0.2) is 4.98 Å². The van der Waals surface area contributed by atoms with E-state index in [1.165, 1.54) is 28.2 Å². The lowest BCUT2D eigenvalue weighted by atomic mass is 10.1. The van der Waals surface area contributed by atoms with Crippen LogP contribution in [0.25, 0.3) is 0 Å². The zero-order valence-corrected chi connectivity index (χ0v) is 18.9. The van der Waals surface area contributed by atoms with Gasteiger partial charge in [0.25, 0.3) is 5.91 Å². The van der Waals surface area contributed by atoms with Crippen LogP contribution in [0.4, 0.5) is 5.13 Å². The molecule has 10 heteroatoms. The normalized spacial score (nSPS) is 15.7. The number of rotatable bonds is 6. The van der Waals surface area contributed by atoms with E-state index in [-0.39, 0.29) is 25.0 Å². The summed E-state index contributed by atoms with van der Waals surface area (Å²) in [5.41, 5.74) is 1.86. The molecular formula is C22H22N4O4S2. The number of aromatic nitrogens is 1. The molecule has 32 heavy (non-hydrogen) atoms. The number of amides is 2. The first-order valence-corrected chi connectivity index (χ1v) is 12.1. The molecule has 1 saturated heterocycles. The van der Waals surface area contributed by atoms with Gasteiger partial charge in [-0.2, -0.15) is 0 Å². The van der Waals surface area contributed by atoms with Crippen molar-refractivity contribution >= 4 is 39.6 Å². The van der Waals surface area contributed by atoms with Crippen LogP contribution >= 0.6 is 22.7 Å². The van der Waals surface area contributed by atoms with Crippen LogP contribution in [0.1, 0.15) is 20.9 Å². The maximum absolute atomic E-state index is 12.7. The molecule has 166 valence electrons. The Kier molecular flexibility index (Phi) is 6.06. The van der Waals surface area contributed by atoms with Crippen LogP contribution in [0.5, 0.6) is 11.5 Å². The van der Waals surface area contributed by atoms with E-state index in [9.17, 15) is 9.59 Å². The second-order valence-corrected chi connectivity index (χ2v) is 9.40. The van der Waals surface area contributed by atoms with Gasteiger partial charge in [-0.05, 0) is 29.1 Å². The van der Waals surface area contributed by atoms with E-state index in [0.29, 0.717) is 28.8 Å². The highest BCUT2D eigenvalue weighted by Crippen LogP contribution is 2.32. The molecule has 0 spiro atoms. The summed E-state index contributed by atoms with van der Waals surface area (Å²) in [4.78, 5) is 34.1. The number of piperazine rings is 1. The maximum atomic E-state index is 12.7. The summed E-state index contributed by atoms with van der Waals surface area (Å²) in [7, 11) is 0. The molecule has 0 aliphatic carbocycles. The average molecular weight is 471 g/mol. The van der Waals surface area contributed by atoms with Crippen LogP contribution in [0.3, 0.4) is 0 Å². The number of ether oxygens (including phenoxy) is 2. The van der Waals surface area contributed by atoms with Crippen molar-refractivity contribution in [2.45, 2.75) is 13.0 Å². The number of anilines is 1. The minimum absolute atomic E-state index is 0.0640. The predicted molar refractivity (Wildman–Crippen MR) is 123 cm³/mol. The Morgan fingerprint density at radius 3 is 2.72 bits per heavy atom. The average Bonchev–Trinajstić information content (AvgIpc) is 3.56. The molecule has 0 unspecified atom stereocenters. The molecule has 2 amide bonds.